The summed E-state index contributed by atoms with van der Waals surface area (Å²) in [5.41, 5.74) is 0.0545. The second-order valence-electron chi connectivity index (χ2n) is 5.39. The number of halogens is 2. The minimum absolute atomic E-state index is 0.0884. The van der Waals surface area contributed by atoms with Crippen molar-refractivity contribution < 1.29 is 13.6 Å². The minimum Gasteiger partial charge on any atom is -0.357 e. The summed E-state index contributed by atoms with van der Waals surface area (Å²) < 4.78 is 26.5. The van der Waals surface area contributed by atoms with Crippen molar-refractivity contribution in [2.45, 2.75) is 19.3 Å². The van der Waals surface area contributed by atoms with E-state index >= 15 is 0 Å². The van der Waals surface area contributed by atoms with Crippen LogP contribution in [-0.4, -0.2) is 29.0 Å². The highest BCUT2D eigenvalue weighted by Crippen LogP contribution is 2.19. The van der Waals surface area contributed by atoms with E-state index in [0.29, 0.717) is 5.82 Å². The average molecular weight is 318 g/mol. The first-order valence-electron chi connectivity index (χ1n) is 7.47. The lowest BCUT2D eigenvalue weighted by Gasteiger charge is -2.27. The Morgan fingerprint density at radius 1 is 1.09 bits per heavy atom. The number of rotatable bonds is 3. The standard InChI is InChI=1S/C16H16F2N4O/c17-11-4-5-13(12(18)8-11)21-16(23)14-9-15(20-10-19-14)22-6-2-1-3-7-22/h4-5,8-10H,1-3,6-7H2,(H,21,23). The van der Waals surface area contributed by atoms with Crippen molar-refractivity contribution in [3.05, 3.63) is 47.9 Å². The number of piperidine rings is 1. The molecular formula is C16H16F2N4O. The Balaban J connectivity index is 1.76. The summed E-state index contributed by atoms with van der Waals surface area (Å²) in [7, 11) is 0. The van der Waals surface area contributed by atoms with Crippen LogP contribution in [0.25, 0.3) is 0 Å². The Bertz CT molecular complexity index is 717. The predicted octanol–water partition coefficient (Wildman–Crippen LogP) is 3.00. The van der Waals surface area contributed by atoms with Crippen LogP contribution < -0.4 is 10.2 Å². The first kappa shape index (κ1) is 15.3. The summed E-state index contributed by atoms with van der Waals surface area (Å²) in [6.07, 6.45) is 4.69. The summed E-state index contributed by atoms with van der Waals surface area (Å²) in [5, 5.41) is 2.39. The Labute approximate surface area is 132 Å². The van der Waals surface area contributed by atoms with Crippen molar-refractivity contribution >= 4 is 17.4 Å². The largest absolute Gasteiger partial charge is 0.357 e. The van der Waals surface area contributed by atoms with Gasteiger partial charge < -0.3 is 10.2 Å². The first-order valence-corrected chi connectivity index (χ1v) is 7.47. The van der Waals surface area contributed by atoms with Crippen LogP contribution in [0, 0.1) is 11.6 Å². The zero-order valence-corrected chi connectivity index (χ0v) is 12.4. The summed E-state index contributed by atoms with van der Waals surface area (Å²) in [4.78, 5) is 22.4. The van der Waals surface area contributed by atoms with Gasteiger partial charge in [-0.15, -0.1) is 0 Å². The second kappa shape index (κ2) is 6.68. The van der Waals surface area contributed by atoms with Gasteiger partial charge in [0.1, 0.15) is 29.5 Å². The molecule has 7 heteroatoms. The number of hydrogen-bond donors (Lipinski definition) is 1. The fraction of sp³-hybridized carbons (Fsp3) is 0.312. The van der Waals surface area contributed by atoms with E-state index < -0.39 is 17.5 Å². The third-order valence-corrected chi connectivity index (χ3v) is 3.74. The molecule has 3 rings (SSSR count). The maximum atomic E-state index is 13.6. The lowest BCUT2D eigenvalue weighted by atomic mass is 10.1. The van der Waals surface area contributed by atoms with Gasteiger partial charge in [-0.3, -0.25) is 4.79 Å². The molecule has 1 aliphatic rings. The van der Waals surface area contributed by atoms with E-state index in [4.69, 9.17) is 0 Å². The van der Waals surface area contributed by atoms with E-state index in [1.54, 1.807) is 6.07 Å². The van der Waals surface area contributed by atoms with Crippen molar-refractivity contribution in [3.63, 3.8) is 0 Å². The third kappa shape index (κ3) is 3.61. The number of hydrogen-bond acceptors (Lipinski definition) is 4. The molecule has 0 atom stereocenters. The quantitative estimate of drug-likeness (QED) is 0.945. The van der Waals surface area contributed by atoms with E-state index in [9.17, 15) is 13.6 Å². The molecule has 120 valence electrons. The lowest BCUT2D eigenvalue weighted by Crippen LogP contribution is -2.30. The molecule has 23 heavy (non-hydrogen) atoms. The molecule has 1 aliphatic heterocycles. The van der Waals surface area contributed by atoms with Gasteiger partial charge in [0.15, 0.2) is 0 Å². The van der Waals surface area contributed by atoms with Gasteiger partial charge in [0.05, 0.1) is 5.69 Å². The number of anilines is 2. The summed E-state index contributed by atoms with van der Waals surface area (Å²) >= 11 is 0. The van der Waals surface area contributed by atoms with E-state index in [-0.39, 0.29) is 11.4 Å². The van der Waals surface area contributed by atoms with Gasteiger partial charge in [-0.2, -0.15) is 0 Å². The van der Waals surface area contributed by atoms with Gasteiger partial charge in [-0.05, 0) is 31.4 Å². The van der Waals surface area contributed by atoms with Crippen molar-refractivity contribution in [3.8, 4) is 0 Å². The second-order valence-corrected chi connectivity index (χ2v) is 5.39. The van der Waals surface area contributed by atoms with Crippen molar-refractivity contribution in [1.29, 1.82) is 0 Å². The smallest absolute Gasteiger partial charge is 0.274 e. The molecule has 0 saturated carbocycles. The number of benzene rings is 1. The van der Waals surface area contributed by atoms with Gasteiger partial charge >= 0.3 is 0 Å². The number of carbonyl (C=O) groups is 1. The van der Waals surface area contributed by atoms with Crippen LogP contribution in [0.2, 0.25) is 0 Å². The Morgan fingerprint density at radius 3 is 2.61 bits per heavy atom. The van der Waals surface area contributed by atoms with Gasteiger partial charge in [0, 0.05) is 25.2 Å². The van der Waals surface area contributed by atoms with E-state index in [0.717, 1.165) is 38.1 Å². The summed E-state index contributed by atoms with van der Waals surface area (Å²) in [6, 6.07) is 4.56. The van der Waals surface area contributed by atoms with E-state index in [1.807, 2.05) is 0 Å². The van der Waals surface area contributed by atoms with Crippen molar-refractivity contribution in [2.24, 2.45) is 0 Å². The molecular weight excluding hydrogens is 302 g/mol. The Kier molecular flexibility index (Phi) is 4.45. The highest BCUT2D eigenvalue weighted by Gasteiger charge is 2.16. The van der Waals surface area contributed by atoms with Crippen LogP contribution >= 0.6 is 0 Å². The molecule has 2 heterocycles. The highest BCUT2D eigenvalue weighted by atomic mass is 19.1. The van der Waals surface area contributed by atoms with Crippen LogP contribution in [0.1, 0.15) is 29.8 Å². The fourth-order valence-electron chi connectivity index (χ4n) is 2.54. The topological polar surface area (TPSA) is 58.1 Å². The maximum absolute atomic E-state index is 13.6. The number of carbonyl (C=O) groups excluding carboxylic acids is 1. The number of nitrogens with zero attached hydrogens (tertiary/aromatic N) is 3. The van der Waals surface area contributed by atoms with E-state index in [1.165, 1.54) is 18.8 Å². The first-order chi connectivity index (χ1) is 11.1. The monoisotopic (exact) mass is 318 g/mol. The van der Waals surface area contributed by atoms with Gasteiger partial charge in [-0.25, -0.2) is 18.7 Å². The Hall–Kier alpha value is -2.57. The van der Waals surface area contributed by atoms with Crippen LogP contribution in [0.4, 0.5) is 20.3 Å². The average Bonchev–Trinajstić information content (AvgIpc) is 2.58. The van der Waals surface area contributed by atoms with Gasteiger partial charge in [-0.1, -0.05) is 0 Å². The molecule has 0 unspecified atom stereocenters. The zero-order valence-electron chi connectivity index (χ0n) is 12.4. The molecule has 0 aliphatic carbocycles. The predicted molar refractivity (Wildman–Crippen MR) is 82.4 cm³/mol. The SMILES string of the molecule is O=C(Nc1ccc(F)cc1F)c1cc(N2CCCCC2)ncn1. The molecule has 0 radical (unpaired) electrons. The highest BCUT2D eigenvalue weighted by molar-refractivity contribution is 6.03. The third-order valence-electron chi connectivity index (χ3n) is 3.74. The molecule has 1 amide bonds. The van der Waals surface area contributed by atoms with Crippen LogP contribution in [0.5, 0.6) is 0 Å². The number of nitrogens with one attached hydrogen (secondary N) is 1. The molecule has 2 aromatic rings. The van der Waals surface area contributed by atoms with Gasteiger partial charge in [0.2, 0.25) is 0 Å². The Morgan fingerprint density at radius 2 is 1.87 bits per heavy atom. The molecule has 1 saturated heterocycles. The minimum atomic E-state index is -0.830. The summed E-state index contributed by atoms with van der Waals surface area (Å²) in [6.45, 7) is 1.79. The number of amides is 1. The fourth-order valence-corrected chi connectivity index (χ4v) is 2.54. The molecule has 0 spiro atoms. The van der Waals surface area contributed by atoms with Crippen LogP contribution in [0.3, 0.4) is 0 Å². The van der Waals surface area contributed by atoms with Gasteiger partial charge in [0.25, 0.3) is 5.91 Å². The zero-order chi connectivity index (χ0) is 16.2. The van der Waals surface area contributed by atoms with Crippen molar-refractivity contribution in [2.75, 3.05) is 23.3 Å². The molecule has 1 N–H and O–H groups in total. The molecule has 1 aromatic carbocycles. The van der Waals surface area contributed by atoms with E-state index in [2.05, 4.69) is 20.2 Å². The van der Waals surface area contributed by atoms with Crippen LogP contribution in [-0.2, 0) is 0 Å². The molecule has 5 nitrogen and oxygen atoms in total. The maximum Gasteiger partial charge on any atom is 0.274 e. The van der Waals surface area contributed by atoms with Crippen molar-refractivity contribution in [1.82, 2.24) is 9.97 Å². The molecule has 0 bridgehead atoms. The number of aromatic nitrogens is 2. The summed E-state index contributed by atoms with van der Waals surface area (Å²) in [5.74, 6) is -1.40. The molecule has 1 fully saturated rings. The lowest BCUT2D eigenvalue weighted by molar-refractivity contribution is 0.102. The van der Waals surface area contributed by atoms with Crippen LogP contribution in [0.15, 0.2) is 30.6 Å². The normalized spacial score (nSPS) is 14.6. The molecule has 1 aromatic heterocycles.